The van der Waals surface area contributed by atoms with Gasteiger partial charge in [-0.1, -0.05) is 0 Å². The molecule has 4 bridgehead atoms. The van der Waals surface area contributed by atoms with Crippen molar-refractivity contribution in [3.8, 4) is 0 Å². The molecule has 136 valence electrons. The molecule has 0 spiro atoms. The Labute approximate surface area is 146 Å². The third kappa shape index (κ3) is 2.55. The zero-order valence-electron chi connectivity index (χ0n) is 14.5. The number of hydrogen-bond donors (Lipinski definition) is 0. The second-order valence-corrected chi connectivity index (χ2v) is 8.20. The maximum atomic E-state index is 12.9. The van der Waals surface area contributed by atoms with Crippen LogP contribution in [0, 0.1) is 17.8 Å². The van der Waals surface area contributed by atoms with Gasteiger partial charge in [0.05, 0.1) is 12.6 Å². The number of urea groups is 1. The summed E-state index contributed by atoms with van der Waals surface area (Å²) in [6.45, 7) is 0.0847. The molecule has 7 heteroatoms. The standard InChI is InChI=1S/C18H24N2O5/c1-25-14(21)3-2-4-19-15(22)16(23)20(17(19)24)18-8-11-5-12(9-18)7-13(6-11)10-18/h11-13H,2-10H2,1H3. The molecule has 1 heterocycles. The molecule has 1 saturated heterocycles. The first kappa shape index (κ1) is 16.5. The minimum Gasteiger partial charge on any atom is -0.469 e. The molecule has 5 fully saturated rings. The maximum absolute atomic E-state index is 12.9. The van der Waals surface area contributed by atoms with Crippen molar-refractivity contribution >= 4 is 23.8 Å². The molecule has 4 amide bonds. The average Bonchev–Trinajstić information content (AvgIpc) is 2.77. The number of carbonyl (C=O) groups is 4. The Morgan fingerprint density at radius 3 is 2.12 bits per heavy atom. The number of ether oxygens (including phenoxy) is 1. The number of amides is 4. The van der Waals surface area contributed by atoms with Crippen molar-refractivity contribution in [1.29, 1.82) is 0 Å². The van der Waals surface area contributed by atoms with Crippen molar-refractivity contribution in [3.63, 3.8) is 0 Å². The molecule has 0 unspecified atom stereocenters. The predicted molar refractivity (Wildman–Crippen MR) is 86.1 cm³/mol. The van der Waals surface area contributed by atoms with Gasteiger partial charge in [-0.05, 0) is 62.7 Å². The minimum atomic E-state index is -0.745. The Bertz CT molecular complexity index is 608. The minimum absolute atomic E-state index is 0.0847. The van der Waals surface area contributed by atoms with Crippen LogP contribution in [-0.2, 0) is 19.1 Å². The van der Waals surface area contributed by atoms with Gasteiger partial charge in [-0.3, -0.25) is 19.3 Å². The molecule has 1 aliphatic heterocycles. The van der Waals surface area contributed by atoms with Crippen LogP contribution in [0.1, 0.15) is 51.4 Å². The molecule has 0 atom stereocenters. The van der Waals surface area contributed by atoms with Gasteiger partial charge < -0.3 is 4.74 Å². The molecule has 4 saturated carbocycles. The third-order valence-corrected chi connectivity index (χ3v) is 6.52. The lowest BCUT2D eigenvalue weighted by Gasteiger charge is -2.58. The molecule has 25 heavy (non-hydrogen) atoms. The van der Waals surface area contributed by atoms with E-state index >= 15 is 0 Å². The highest BCUT2D eigenvalue weighted by atomic mass is 16.5. The van der Waals surface area contributed by atoms with E-state index in [-0.39, 0.29) is 18.9 Å². The highest BCUT2D eigenvalue weighted by molar-refractivity contribution is 6.44. The van der Waals surface area contributed by atoms with Crippen LogP contribution in [0.15, 0.2) is 0 Å². The van der Waals surface area contributed by atoms with Crippen molar-refractivity contribution in [2.75, 3.05) is 13.7 Å². The number of rotatable bonds is 5. The number of carbonyl (C=O) groups excluding carboxylic acids is 4. The lowest BCUT2D eigenvalue weighted by atomic mass is 9.52. The van der Waals surface area contributed by atoms with Gasteiger partial charge in [-0.25, -0.2) is 9.69 Å². The van der Waals surface area contributed by atoms with Gasteiger partial charge in [0.25, 0.3) is 0 Å². The lowest BCUT2D eigenvalue weighted by Crippen LogP contribution is -2.62. The summed E-state index contributed by atoms with van der Waals surface area (Å²) in [5.74, 6) is -0.0695. The van der Waals surface area contributed by atoms with E-state index in [9.17, 15) is 19.2 Å². The van der Waals surface area contributed by atoms with Crippen LogP contribution in [0.5, 0.6) is 0 Å². The molecule has 5 rings (SSSR count). The molecule has 4 aliphatic carbocycles. The largest absolute Gasteiger partial charge is 0.469 e. The Morgan fingerprint density at radius 2 is 1.60 bits per heavy atom. The number of nitrogens with zero attached hydrogens (tertiary/aromatic N) is 2. The maximum Gasteiger partial charge on any atom is 0.334 e. The zero-order chi connectivity index (χ0) is 17.8. The van der Waals surface area contributed by atoms with E-state index in [1.54, 1.807) is 0 Å². The van der Waals surface area contributed by atoms with Crippen LogP contribution < -0.4 is 0 Å². The van der Waals surface area contributed by atoms with Crippen LogP contribution in [0.25, 0.3) is 0 Å². The zero-order valence-corrected chi connectivity index (χ0v) is 14.5. The molecule has 0 aromatic rings. The predicted octanol–water partition coefficient (Wildman–Crippen LogP) is 1.70. The van der Waals surface area contributed by atoms with Crippen LogP contribution in [0.3, 0.4) is 0 Å². The Morgan fingerprint density at radius 1 is 1.04 bits per heavy atom. The van der Waals surface area contributed by atoms with E-state index < -0.39 is 23.4 Å². The fourth-order valence-corrected chi connectivity index (χ4v) is 5.94. The highest BCUT2D eigenvalue weighted by Gasteiger charge is 2.60. The van der Waals surface area contributed by atoms with Crippen molar-refractivity contribution in [3.05, 3.63) is 0 Å². The first-order valence-corrected chi connectivity index (χ1v) is 9.20. The highest BCUT2D eigenvalue weighted by Crippen LogP contribution is 2.58. The van der Waals surface area contributed by atoms with Crippen LogP contribution >= 0.6 is 0 Å². The van der Waals surface area contributed by atoms with E-state index in [0.717, 1.165) is 24.2 Å². The van der Waals surface area contributed by atoms with Crippen molar-refractivity contribution in [2.45, 2.75) is 56.9 Å². The first-order chi connectivity index (χ1) is 11.9. The Kier molecular flexibility index (Phi) is 3.85. The van der Waals surface area contributed by atoms with E-state index in [1.165, 1.54) is 31.3 Å². The second kappa shape index (κ2) is 5.81. The van der Waals surface area contributed by atoms with Crippen LogP contribution in [0.2, 0.25) is 0 Å². The average molecular weight is 348 g/mol. The summed E-state index contributed by atoms with van der Waals surface area (Å²) < 4.78 is 4.57. The third-order valence-electron chi connectivity index (χ3n) is 6.52. The molecule has 0 aromatic heterocycles. The normalized spacial score (nSPS) is 36.5. The van der Waals surface area contributed by atoms with E-state index in [0.29, 0.717) is 24.2 Å². The molecular weight excluding hydrogens is 324 g/mol. The second-order valence-electron chi connectivity index (χ2n) is 8.20. The number of esters is 1. The first-order valence-electron chi connectivity index (χ1n) is 9.20. The van der Waals surface area contributed by atoms with Gasteiger partial charge in [-0.15, -0.1) is 0 Å². The quantitative estimate of drug-likeness (QED) is 0.429. The lowest BCUT2D eigenvalue weighted by molar-refractivity contribution is -0.150. The smallest absolute Gasteiger partial charge is 0.334 e. The Balaban J connectivity index is 1.51. The summed E-state index contributed by atoms with van der Waals surface area (Å²) in [6, 6.07) is -0.484. The summed E-state index contributed by atoms with van der Waals surface area (Å²) >= 11 is 0. The molecule has 5 aliphatic rings. The number of methoxy groups -OCH3 is 1. The van der Waals surface area contributed by atoms with Gasteiger partial charge in [0.15, 0.2) is 0 Å². The van der Waals surface area contributed by atoms with Gasteiger partial charge in [0.2, 0.25) is 0 Å². The fraction of sp³-hybridized carbons (Fsp3) is 0.778. The molecule has 7 nitrogen and oxygen atoms in total. The summed E-state index contributed by atoms with van der Waals surface area (Å²) in [5, 5.41) is 0. The van der Waals surface area contributed by atoms with E-state index in [4.69, 9.17) is 0 Å². The molecule has 0 aromatic carbocycles. The van der Waals surface area contributed by atoms with E-state index in [2.05, 4.69) is 4.74 Å². The summed E-state index contributed by atoms with van der Waals surface area (Å²) in [6.07, 6.45) is 6.58. The Hall–Kier alpha value is -1.92. The van der Waals surface area contributed by atoms with Crippen LogP contribution in [0.4, 0.5) is 4.79 Å². The monoisotopic (exact) mass is 348 g/mol. The topological polar surface area (TPSA) is 84.0 Å². The molecular formula is C18H24N2O5. The summed E-state index contributed by atoms with van der Waals surface area (Å²) in [4.78, 5) is 51.4. The van der Waals surface area contributed by atoms with Gasteiger partial charge >= 0.3 is 23.8 Å². The molecule has 0 radical (unpaired) electrons. The fourth-order valence-electron chi connectivity index (χ4n) is 5.94. The van der Waals surface area contributed by atoms with Crippen molar-refractivity contribution < 1.29 is 23.9 Å². The van der Waals surface area contributed by atoms with Gasteiger partial charge in [0.1, 0.15) is 0 Å². The number of imide groups is 2. The SMILES string of the molecule is COC(=O)CCCN1C(=O)C(=O)N(C23CC4CC(CC(C4)C2)C3)C1=O. The van der Waals surface area contributed by atoms with E-state index in [1.807, 2.05) is 0 Å². The summed E-state index contributed by atoms with van der Waals surface area (Å²) in [7, 11) is 1.30. The van der Waals surface area contributed by atoms with Crippen molar-refractivity contribution in [2.24, 2.45) is 17.8 Å². The molecule has 0 N–H and O–H groups in total. The van der Waals surface area contributed by atoms with Crippen LogP contribution in [-0.4, -0.2) is 52.8 Å². The van der Waals surface area contributed by atoms with Crippen molar-refractivity contribution in [1.82, 2.24) is 9.80 Å². The summed E-state index contributed by atoms with van der Waals surface area (Å²) in [5.41, 5.74) is -0.449. The number of hydrogen-bond acceptors (Lipinski definition) is 5. The van der Waals surface area contributed by atoms with Gasteiger partial charge in [0, 0.05) is 13.0 Å². The van der Waals surface area contributed by atoms with Gasteiger partial charge in [-0.2, -0.15) is 0 Å².